The maximum Gasteiger partial charge on any atom is 0.258 e. The van der Waals surface area contributed by atoms with E-state index < -0.39 is 0 Å². The van der Waals surface area contributed by atoms with Crippen molar-refractivity contribution in [3.63, 3.8) is 0 Å². The summed E-state index contributed by atoms with van der Waals surface area (Å²) in [6.45, 7) is 2.50. The van der Waals surface area contributed by atoms with Crippen LogP contribution in [0, 0.1) is 6.92 Å². The van der Waals surface area contributed by atoms with Gasteiger partial charge in [-0.25, -0.2) is 4.98 Å². The predicted octanol–water partition coefficient (Wildman–Crippen LogP) is 3.75. The zero-order valence-electron chi connectivity index (χ0n) is 16.1. The number of carbonyl (C=O) groups is 1. The third-order valence-corrected chi connectivity index (χ3v) is 5.24. The molecule has 1 N–H and O–H groups in total. The van der Waals surface area contributed by atoms with Crippen LogP contribution in [-0.2, 0) is 24.2 Å². The second kappa shape index (κ2) is 8.30. The first-order valence-corrected chi connectivity index (χ1v) is 9.80. The van der Waals surface area contributed by atoms with Crippen LogP contribution in [0.2, 0.25) is 0 Å². The Labute approximate surface area is 165 Å². The number of hydrogen-bond donors (Lipinski definition) is 1. The van der Waals surface area contributed by atoms with Crippen LogP contribution in [-0.4, -0.2) is 22.1 Å². The molecule has 0 spiro atoms. The maximum atomic E-state index is 12.2. The van der Waals surface area contributed by atoms with Crippen molar-refractivity contribution in [3.8, 4) is 11.4 Å². The van der Waals surface area contributed by atoms with E-state index in [0.29, 0.717) is 6.54 Å². The van der Waals surface area contributed by atoms with Crippen LogP contribution >= 0.6 is 0 Å². The number of ether oxygens (including phenoxy) is 1. The Morgan fingerprint density at radius 2 is 1.96 bits per heavy atom. The molecule has 0 fully saturated rings. The first kappa shape index (κ1) is 18.3. The number of hydrogen-bond acceptors (Lipinski definition) is 3. The number of carbonyl (C=O) groups excluding carboxylic acids is 1. The minimum Gasteiger partial charge on any atom is -0.483 e. The molecule has 4 rings (SSSR count). The van der Waals surface area contributed by atoms with Gasteiger partial charge in [-0.3, -0.25) is 4.79 Å². The average Bonchev–Trinajstić information content (AvgIpc) is 3.17. The van der Waals surface area contributed by atoms with E-state index in [1.807, 2.05) is 54.1 Å². The summed E-state index contributed by atoms with van der Waals surface area (Å²) in [4.78, 5) is 16.4. The predicted molar refractivity (Wildman–Crippen MR) is 109 cm³/mol. The zero-order chi connectivity index (χ0) is 19.3. The van der Waals surface area contributed by atoms with Gasteiger partial charge in [0.1, 0.15) is 11.6 Å². The SMILES string of the molecule is Cc1nccn1-c1ccc(CNC(=O)COc2cccc3c2CCCC3)cc1. The Kier molecular flexibility index (Phi) is 5.42. The second-order valence-corrected chi connectivity index (χ2v) is 7.18. The van der Waals surface area contributed by atoms with Crippen molar-refractivity contribution in [2.75, 3.05) is 6.61 Å². The minimum atomic E-state index is -0.108. The molecule has 1 aliphatic rings. The van der Waals surface area contributed by atoms with Gasteiger partial charge in [0.2, 0.25) is 0 Å². The summed E-state index contributed by atoms with van der Waals surface area (Å²) in [6.07, 6.45) is 8.28. The lowest BCUT2D eigenvalue weighted by Crippen LogP contribution is -2.28. The highest BCUT2D eigenvalue weighted by molar-refractivity contribution is 5.77. The molecular weight excluding hydrogens is 350 g/mol. The number of nitrogens with one attached hydrogen (secondary N) is 1. The number of fused-ring (bicyclic) bond motifs is 1. The zero-order valence-corrected chi connectivity index (χ0v) is 16.1. The number of nitrogens with zero attached hydrogens (tertiary/aromatic N) is 2. The molecule has 0 bridgehead atoms. The Balaban J connectivity index is 1.30. The fourth-order valence-corrected chi connectivity index (χ4v) is 3.70. The Hall–Kier alpha value is -3.08. The normalized spacial score (nSPS) is 13.0. The van der Waals surface area contributed by atoms with Gasteiger partial charge in [-0.05, 0) is 67.5 Å². The molecule has 0 aliphatic heterocycles. The number of imidazole rings is 1. The highest BCUT2D eigenvalue weighted by Gasteiger charge is 2.14. The quantitative estimate of drug-likeness (QED) is 0.714. The van der Waals surface area contributed by atoms with E-state index >= 15 is 0 Å². The van der Waals surface area contributed by atoms with E-state index in [2.05, 4.69) is 16.4 Å². The molecule has 28 heavy (non-hydrogen) atoms. The number of rotatable bonds is 6. The molecule has 1 amide bonds. The van der Waals surface area contributed by atoms with Crippen LogP contribution in [0.3, 0.4) is 0 Å². The summed E-state index contributed by atoms with van der Waals surface area (Å²) in [5.41, 5.74) is 4.73. The molecule has 0 atom stereocenters. The van der Waals surface area contributed by atoms with Crippen LogP contribution in [0.25, 0.3) is 5.69 Å². The lowest BCUT2D eigenvalue weighted by Gasteiger charge is -2.19. The highest BCUT2D eigenvalue weighted by atomic mass is 16.5. The van der Waals surface area contributed by atoms with Crippen LogP contribution < -0.4 is 10.1 Å². The molecule has 3 aromatic rings. The van der Waals surface area contributed by atoms with Crippen molar-refractivity contribution in [2.24, 2.45) is 0 Å². The van der Waals surface area contributed by atoms with Gasteiger partial charge in [0, 0.05) is 24.6 Å². The first-order chi connectivity index (χ1) is 13.7. The summed E-state index contributed by atoms with van der Waals surface area (Å²) in [5, 5.41) is 2.93. The molecule has 5 heteroatoms. The standard InChI is InChI=1S/C23H25N3O2/c1-17-24-13-14-26(17)20-11-9-18(10-12-20)15-25-23(27)16-28-22-8-4-6-19-5-2-3-7-21(19)22/h4,6,8-14H,2-3,5,7,15-16H2,1H3,(H,25,27). The van der Waals surface area contributed by atoms with Crippen LogP contribution in [0.1, 0.15) is 35.4 Å². The monoisotopic (exact) mass is 375 g/mol. The smallest absolute Gasteiger partial charge is 0.258 e. The maximum absolute atomic E-state index is 12.2. The van der Waals surface area contributed by atoms with Gasteiger partial charge in [0.05, 0.1) is 0 Å². The van der Waals surface area contributed by atoms with Gasteiger partial charge in [-0.15, -0.1) is 0 Å². The number of aromatic nitrogens is 2. The van der Waals surface area contributed by atoms with Gasteiger partial charge in [0.15, 0.2) is 6.61 Å². The van der Waals surface area contributed by atoms with E-state index in [1.165, 1.54) is 24.0 Å². The molecule has 2 aromatic carbocycles. The molecule has 1 aromatic heterocycles. The van der Waals surface area contributed by atoms with Crippen molar-refractivity contribution in [1.82, 2.24) is 14.9 Å². The molecule has 5 nitrogen and oxygen atoms in total. The minimum absolute atomic E-state index is 0.0444. The van der Waals surface area contributed by atoms with Crippen molar-refractivity contribution >= 4 is 5.91 Å². The molecule has 144 valence electrons. The van der Waals surface area contributed by atoms with Crippen LogP contribution in [0.15, 0.2) is 54.9 Å². The fourth-order valence-electron chi connectivity index (χ4n) is 3.70. The third-order valence-electron chi connectivity index (χ3n) is 5.24. The van der Waals surface area contributed by atoms with E-state index in [1.54, 1.807) is 6.20 Å². The first-order valence-electron chi connectivity index (χ1n) is 9.80. The fraction of sp³-hybridized carbons (Fsp3) is 0.304. The van der Waals surface area contributed by atoms with E-state index in [0.717, 1.165) is 35.7 Å². The van der Waals surface area contributed by atoms with Crippen molar-refractivity contribution in [2.45, 2.75) is 39.2 Å². The molecule has 1 aliphatic carbocycles. The largest absolute Gasteiger partial charge is 0.483 e. The average molecular weight is 375 g/mol. The van der Waals surface area contributed by atoms with Gasteiger partial charge < -0.3 is 14.6 Å². The number of aryl methyl sites for hydroxylation is 2. The summed E-state index contributed by atoms with van der Waals surface area (Å²) in [5.74, 6) is 1.69. The lowest BCUT2D eigenvalue weighted by atomic mass is 9.91. The second-order valence-electron chi connectivity index (χ2n) is 7.18. The number of benzene rings is 2. The Bertz CT molecular complexity index is 960. The molecule has 1 heterocycles. The van der Waals surface area contributed by atoms with E-state index in [4.69, 9.17) is 4.74 Å². The van der Waals surface area contributed by atoms with Gasteiger partial charge >= 0.3 is 0 Å². The molecule has 0 radical (unpaired) electrons. The molecular formula is C23H25N3O2. The third kappa shape index (κ3) is 4.09. The molecule has 0 unspecified atom stereocenters. The van der Waals surface area contributed by atoms with Crippen molar-refractivity contribution in [1.29, 1.82) is 0 Å². The Morgan fingerprint density at radius 3 is 2.75 bits per heavy atom. The van der Waals surface area contributed by atoms with Gasteiger partial charge in [0.25, 0.3) is 5.91 Å². The van der Waals surface area contributed by atoms with Crippen LogP contribution in [0.5, 0.6) is 5.75 Å². The van der Waals surface area contributed by atoms with Crippen LogP contribution in [0.4, 0.5) is 0 Å². The summed E-state index contributed by atoms with van der Waals surface area (Å²) < 4.78 is 7.84. The molecule has 0 saturated heterocycles. The van der Waals surface area contributed by atoms with Crippen molar-refractivity contribution in [3.05, 3.63) is 77.4 Å². The summed E-state index contributed by atoms with van der Waals surface area (Å²) in [7, 11) is 0. The Morgan fingerprint density at radius 1 is 1.14 bits per heavy atom. The number of amides is 1. The molecule has 0 saturated carbocycles. The van der Waals surface area contributed by atoms with E-state index in [9.17, 15) is 4.79 Å². The van der Waals surface area contributed by atoms with E-state index in [-0.39, 0.29) is 12.5 Å². The summed E-state index contributed by atoms with van der Waals surface area (Å²) in [6, 6.07) is 14.2. The summed E-state index contributed by atoms with van der Waals surface area (Å²) >= 11 is 0. The van der Waals surface area contributed by atoms with Gasteiger partial charge in [-0.1, -0.05) is 24.3 Å². The topological polar surface area (TPSA) is 56.2 Å². The van der Waals surface area contributed by atoms with Gasteiger partial charge in [-0.2, -0.15) is 0 Å². The van der Waals surface area contributed by atoms with Crippen molar-refractivity contribution < 1.29 is 9.53 Å². The highest BCUT2D eigenvalue weighted by Crippen LogP contribution is 2.29. The lowest BCUT2D eigenvalue weighted by molar-refractivity contribution is -0.123.